The highest BCUT2D eigenvalue weighted by molar-refractivity contribution is 9.10. The molecule has 3 aromatic rings. The van der Waals surface area contributed by atoms with Crippen LogP contribution in [0.3, 0.4) is 0 Å². The largest absolute Gasteiger partial charge is 0.357 e. The van der Waals surface area contributed by atoms with Crippen LogP contribution in [0.15, 0.2) is 65.7 Å². The van der Waals surface area contributed by atoms with E-state index in [4.69, 9.17) is 0 Å². The Labute approximate surface area is 145 Å². The van der Waals surface area contributed by atoms with Gasteiger partial charge in [-0.05, 0) is 29.3 Å². The van der Waals surface area contributed by atoms with Crippen molar-refractivity contribution in [3.63, 3.8) is 0 Å². The van der Waals surface area contributed by atoms with Gasteiger partial charge in [-0.15, -0.1) is 6.58 Å². The van der Waals surface area contributed by atoms with E-state index in [0.29, 0.717) is 5.92 Å². The fourth-order valence-corrected chi connectivity index (χ4v) is 3.96. The third kappa shape index (κ3) is 2.75. The first kappa shape index (κ1) is 14.7. The maximum atomic E-state index is 4.08. The van der Waals surface area contributed by atoms with Crippen LogP contribution in [0.2, 0.25) is 0 Å². The smallest absolute Gasteiger partial charge is 0.0460 e. The fourth-order valence-electron chi connectivity index (χ4n) is 3.60. The second-order valence-electron chi connectivity index (χ2n) is 6.20. The van der Waals surface area contributed by atoms with Crippen molar-refractivity contribution in [3.05, 3.63) is 82.5 Å². The maximum absolute atomic E-state index is 4.08. The molecule has 1 aliphatic rings. The first-order chi connectivity index (χ1) is 11.2. The zero-order chi connectivity index (χ0) is 15.8. The molecule has 1 atom stereocenters. The molecule has 1 aliphatic heterocycles. The van der Waals surface area contributed by atoms with Crippen LogP contribution < -0.4 is 0 Å². The minimum Gasteiger partial charge on any atom is -0.357 e. The van der Waals surface area contributed by atoms with E-state index in [1.807, 2.05) is 0 Å². The minimum absolute atomic E-state index is 0.366. The van der Waals surface area contributed by atoms with Crippen molar-refractivity contribution >= 4 is 26.8 Å². The quantitative estimate of drug-likeness (QED) is 0.629. The lowest BCUT2D eigenvalue weighted by Gasteiger charge is -2.31. The molecule has 0 saturated heterocycles. The van der Waals surface area contributed by atoms with Crippen molar-refractivity contribution in [1.29, 1.82) is 0 Å². The molecule has 0 fully saturated rings. The van der Waals surface area contributed by atoms with Gasteiger partial charge in [0.25, 0.3) is 0 Å². The maximum Gasteiger partial charge on any atom is 0.0460 e. The lowest BCUT2D eigenvalue weighted by atomic mass is 9.91. The van der Waals surface area contributed by atoms with Crippen LogP contribution in [0.4, 0.5) is 0 Å². The number of aromatic amines is 1. The van der Waals surface area contributed by atoms with Gasteiger partial charge in [-0.3, -0.25) is 4.90 Å². The predicted molar refractivity (Wildman–Crippen MR) is 99.5 cm³/mol. The highest BCUT2D eigenvalue weighted by Gasteiger charge is 2.27. The third-order valence-corrected chi connectivity index (χ3v) is 5.12. The highest BCUT2D eigenvalue weighted by Crippen LogP contribution is 2.36. The number of halogens is 1. The lowest BCUT2D eigenvalue weighted by molar-refractivity contribution is 0.232. The standard InChI is InChI=1S/C20H19BrN2/c1-2-15-12-23(11-14-6-4-3-5-7-14)13-19-20(15)17-10-16(21)8-9-18(17)22-19/h2-10,15,22H,1,11-13H2/t15-/m0/s1. The van der Waals surface area contributed by atoms with Crippen LogP contribution in [-0.4, -0.2) is 16.4 Å². The number of fused-ring (bicyclic) bond motifs is 3. The molecule has 0 saturated carbocycles. The van der Waals surface area contributed by atoms with Gasteiger partial charge < -0.3 is 4.98 Å². The number of nitrogens with one attached hydrogen (secondary N) is 1. The van der Waals surface area contributed by atoms with E-state index in [0.717, 1.165) is 24.1 Å². The molecule has 4 rings (SSSR count). The summed E-state index contributed by atoms with van der Waals surface area (Å²) >= 11 is 3.59. The Morgan fingerprint density at radius 3 is 2.83 bits per heavy atom. The second-order valence-corrected chi connectivity index (χ2v) is 7.12. The van der Waals surface area contributed by atoms with Gasteiger partial charge in [0.15, 0.2) is 0 Å². The van der Waals surface area contributed by atoms with Crippen molar-refractivity contribution in [3.8, 4) is 0 Å². The summed E-state index contributed by atoms with van der Waals surface area (Å²) in [6, 6.07) is 17.1. The van der Waals surface area contributed by atoms with E-state index in [2.05, 4.69) is 87.0 Å². The number of aromatic nitrogens is 1. The number of nitrogens with zero attached hydrogens (tertiary/aromatic N) is 1. The van der Waals surface area contributed by atoms with Gasteiger partial charge in [0.1, 0.15) is 0 Å². The first-order valence-electron chi connectivity index (χ1n) is 7.93. The number of hydrogen-bond acceptors (Lipinski definition) is 1. The molecule has 23 heavy (non-hydrogen) atoms. The Morgan fingerprint density at radius 2 is 2.04 bits per heavy atom. The van der Waals surface area contributed by atoms with Crippen LogP contribution in [0.25, 0.3) is 10.9 Å². The molecule has 1 N–H and O–H groups in total. The SMILES string of the molecule is C=C[C@H]1CN(Cc2ccccc2)Cc2[nH]c3ccc(Br)cc3c21. The number of benzene rings is 2. The number of rotatable bonds is 3. The monoisotopic (exact) mass is 366 g/mol. The van der Waals surface area contributed by atoms with Crippen molar-refractivity contribution < 1.29 is 0 Å². The predicted octanol–water partition coefficient (Wildman–Crippen LogP) is 5.22. The summed E-state index contributed by atoms with van der Waals surface area (Å²) in [6.45, 7) is 7.04. The number of H-pyrrole nitrogens is 1. The molecule has 2 aromatic carbocycles. The normalized spacial score (nSPS) is 18.0. The van der Waals surface area contributed by atoms with Gasteiger partial charge in [-0.25, -0.2) is 0 Å². The molecule has 0 radical (unpaired) electrons. The van der Waals surface area contributed by atoms with Gasteiger partial charge in [0, 0.05) is 46.6 Å². The number of hydrogen-bond donors (Lipinski definition) is 1. The van der Waals surface area contributed by atoms with Gasteiger partial charge in [0.05, 0.1) is 0 Å². The Hall–Kier alpha value is -1.84. The summed E-state index contributed by atoms with van der Waals surface area (Å²) in [5.41, 5.74) is 5.31. The molecule has 3 heteroatoms. The van der Waals surface area contributed by atoms with Gasteiger partial charge in [-0.2, -0.15) is 0 Å². The van der Waals surface area contributed by atoms with Crippen LogP contribution in [-0.2, 0) is 13.1 Å². The summed E-state index contributed by atoms with van der Waals surface area (Å²) in [6.07, 6.45) is 2.09. The molecule has 0 spiro atoms. The fraction of sp³-hybridized carbons (Fsp3) is 0.200. The van der Waals surface area contributed by atoms with Crippen LogP contribution in [0.5, 0.6) is 0 Å². The molecule has 2 heterocycles. The van der Waals surface area contributed by atoms with E-state index in [-0.39, 0.29) is 0 Å². The zero-order valence-corrected chi connectivity index (χ0v) is 14.5. The molecule has 0 amide bonds. The van der Waals surface area contributed by atoms with Crippen molar-refractivity contribution in [1.82, 2.24) is 9.88 Å². The molecular formula is C20H19BrN2. The molecule has 0 unspecified atom stereocenters. The lowest BCUT2D eigenvalue weighted by Crippen LogP contribution is -2.32. The van der Waals surface area contributed by atoms with E-state index in [9.17, 15) is 0 Å². The summed E-state index contributed by atoms with van der Waals surface area (Å²) in [5.74, 6) is 0.366. The third-order valence-electron chi connectivity index (χ3n) is 4.62. The van der Waals surface area contributed by atoms with E-state index in [1.54, 1.807) is 0 Å². The zero-order valence-electron chi connectivity index (χ0n) is 12.9. The molecule has 1 aromatic heterocycles. The van der Waals surface area contributed by atoms with Crippen molar-refractivity contribution in [2.45, 2.75) is 19.0 Å². The van der Waals surface area contributed by atoms with E-state index in [1.165, 1.54) is 27.7 Å². The average Bonchev–Trinajstić information content (AvgIpc) is 2.92. The molecule has 0 bridgehead atoms. The Morgan fingerprint density at radius 1 is 1.22 bits per heavy atom. The molecular weight excluding hydrogens is 348 g/mol. The van der Waals surface area contributed by atoms with Crippen LogP contribution in [0.1, 0.15) is 22.7 Å². The summed E-state index contributed by atoms with van der Waals surface area (Å²) in [4.78, 5) is 6.11. The van der Waals surface area contributed by atoms with Crippen LogP contribution in [0, 0.1) is 0 Å². The topological polar surface area (TPSA) is 19.0 Å². The second kappa shape index (κ2) is 5.99. The van der Waals surface area contributed by atoms with Gasteiger partial charge in [-0.1, -0.05) is 52.3 Å². The summed E-state index contributed by atoms with van der Waals surface area (Å²) in [5, 5.41) is 1.32. The Kier molecular flexibility index (Phi) is 3.83. The summed E-state index contributed by atoms with van der Waals surface area (Å²) < 4.78 is 1.13. The van der Waals surface area contributed by atoms with Crippen LogP contribution >= 0.6 is 15.9 Å². The minimum atomic E-state index is 0.366. The van der Waals surface area contributed by atoms with Gasteiger partial charge >= 0.3 is 0 Å². The average molecular weight is 367 g/mol. The Bertz CT molecular complexity index is 851. The van der Waals surface area contributed by atoms with Crippen molar-refractivity contribution in [2.24, 2.45) is 0 Å². The first-order valence-corrected chi connectivity index (χ1v) is 8.72. The van der Waals surface area contributed by atoms with Crippen molar-refractivity contribution in [2.75, 3.05) is 6.54 Å². The van der Waals surface area contributed by atoms with E-state index < -0.39 is 0 Å². The summed E-state index contributed by atoms with van der Waals surface area (Å²) in [7, 11) is 0. The van der Waals surface area contributed by atoms with E-state index >= 15 is 0 Å². The molecule has 2 nitrogen and oxygen atoms in total. The van der Waals surface area contributed by atoms with Gasteiger partial charge in [0.2, 0.25) is 0 Å². The highest BCUT2D eigenvalue weighted by atomic mass is 79.9. The Balaban J connectivity index is 1.71. The molecule has 0 aliphatic carbocycles. The molecule has 116 valence electrons.